The second kappa shape index (κ2) is 8.13. The van der Waals surface area contributed by atoms with E-state index in [9.17, 15) is 9.90 Å². The highest BCUT2D eigenvalue weighted by Gasteiger charge is 2.29. The molecule has 5 nitrogen and oxygen atoms in total. The van der Waals surface area contributed by atoms with E-state index in [1.807, 2.05) is 24.3 Å². The van der Waals surface area contributed by atoms with E-state index in [0.29, 0.717) is 29.9 Å². The summed E-state index contributed by atoms with van der Waals surface area (Å²) >= 11 is 0. The lowest BCUT2D eigenvalue weighted by Gasteiger charge is -2.34. The van der Waals surface area contributed by atoms with E-state index < -0.39 is 0 Å². The SMILES string of the molecule is COC1=CC(CC(=O)C2=CCC=C3OC(C)(C)CCC3=C2)=CCC(OC)=C1O. The normalized spacial score (nSPS) is 21.5. The zero-order valence-corrected chi connectivity index (χ0v) is 17.0. The fourth-order valence-corrected chi connectivity index (χ4v) is 3.52. The summed E-state index contributed by atoms with van der Waals surface area (Å²) in [7, 11) is 2.99. The zero-order chi connectivity index (χ0) is 20.3. The van der Waals surface area contributed by atoms with Crippen molar-refractivity contribution < 1.29 is 24.1 Å². The maximum absolute atomic E-state index is 13.0. The van der Waals surface area contributed by atoms with Crippen molar-refractivity contribution in [2.75, 3.05) is 14.2 Å². The van der Waals surface area contributed by atoms with E-state index in [4.69, 9.17) is 14.2 Å². The fraction of sp³-hybridized carbons (Fsp3) is 0.435. The Hall–Kier alpha value is -2.69. The average molecular weight is 384 g/mol. The number of rotatable bonds is 5. The van der Waals surface area contributed by atoms with Gasteiger partial charge >= 0.3 is 0 Å². The zero-order valence-electron chi connectivity index (χ0n) is 17.0. The summed E-state index contributed by atoms with van der Waals surface area (Å²) in [5.74, 6) is 1.61. The molecule has 0 aromatic rings. The smallest absolute Gasteiger partial charge is 0.196 e. The number of fused-ring (bicyclic) bond motifs is 1. The van der Waals surface area contributed by atoms with Crippen molar-refractivity contribution in [3.8, 4) is 0 Å². The third kappa shape index (κ3) is 4.41. The molecule has 5 heteroatoms. The van der Waals surface area contributed by atoms with Crippen LogP contribution in [0.4, 0.5) is 0 Å². The molecule has 1 N–H and O–H groups in total. The molecule has 150 valence electrons. The van der Waals surface area contributed by atoms with Gasteiger partial charge in [-0.1, -0.05) is 12.2 Å². The number of hydrogen-bond donors (Lipinski definition) is 1. The summed E-state index contributed by atoms with van der Waals surface area (Å²) in [6, 6.07) is 0. The number of allylic oxidation sites excluding steroid dienone is 8. The lowest BCUT2D eigenvalue weighted by Crippen LogP contribution is -2.28. The molecule has 1 aliphatic heterocycles. The van der Waals surface area contributed by atoms with Crippen LogP contribution < -0.4 is 0 Å². The lowest BCUT2D eigenvalue weighted by molar-refractivity contribution is -0.114. The van der Waals surface area contributed by atoms with E-state index >= 15 is 0 Å². The van der Waals surface area contributed by atoms with Crippen LogP contribution in [0.1, 0.15) is 46.0 Å². The molecule has 0 bridgehead atoms. The van der Waals surface area contributed by atoms with Gasteiger partial charge in [0.15, 0.2) is 17.3 Å². The van der Waals surface area contributed by atoms with E-state index in [0.717, 1.165) is 29.7 Å². The average Bonchev–Trinajstić information content (AvgIpc) is 2.95. The number of aliphatic hydroxyl groups is 1. The Kier molecular flexibility index (Phi) is 5.82. The molecule has 0 unspecified atom stereocenters. The monoisotopic (exact) mass is 384 g/mol. The number of carbonyl (C=O) groups excluding carboxylic acids is 1. The first-order valence-electron chi connectivity index (χ1n) is 9.57. The molecule has 3 rings (SSSR count). The Balaban J connectivity index is 1.76. The summed E-state index contributed by atoms with van der Waals surface area (Å²) in [5.41, 5.74) is 2.41. The highest BCUT2D eigenvalue weighted by atomic mass is 16.5. The largest absolute Gasteiger partial charge is 0.502 e. The van der Waals surface area contributed by atoms with Gasteiger partial charge in [-0.2, -0.15) is 0 Å². The Labute approximate surface area is 166 Å². The van der Waals surface area contributed by atoms with Crippen LogP contribution in [-0.2, 0) is 19.0 Å². The Morgan fingerprint density at radius 2 is 1.96 bits per heavy atom. The fourth-order valence-electron chi connectivity index (χ4n) is 3.52. The van der Waals surface area contributed by atoms with Crippen molar-refractivity contribution in [2.45, 2.75) is 51.6 Å². The van der Waals surface area contributed by atoms with Gasteiger partial charge in [-0.3, -0.25) is 4.79 Å². The summed E-state index contributed by atoms with van der Waals surface area (Å²) in [5, 5.41) is 10.2. The van der Waals surface area contributed by atoms with Crippen LogP contribution in [0.2, 0.25) is 0 Å². The number of carbonyl (C=O) groups is 1. The highest BCUT2D eigenvalue weighted by molar-refractivity contribution is 6.00. The minimum atomic E-state index is -0.168. The van der Waals surface area contributed by atoms with E-state index in [1.54, 1.807) is 6.08 Å². The molecule has 2 aliphatic carbocycles. The van der Waals surface area contributed by atoms with Crippen LogP contribution in [0.15, 0.2) is 70.1 Å². The second-order valence-electron chi connectivity index (χ2n) is 7.77. The third-order valence-electron chi connectivity index (χ3n) is 5.19. The Bertz CT molecular complexity index is 846. The van der Waals surface area contributed by atoms with Gasteiger partial charge in [-0.05, 0) is 62.5 Å². The lowest BCUT2D eigenvalue weighted by atomic mass is 9.92. The van der Waals surface area contributed by atoms with Crippen LogP contribution in [0, 0.1) is 0 Å². The van der Waals surface area contributed by atoms with Crippen LogP contribution in [0.5, 0.6) is 0 Å². The molecular formula is C23H28O5. The predicted octanol–water partition coefficient (Wildman–Crippen LogP) is 4.95. The van der Waals surface area contributed by atoms with Crippen LogP contribution >= 0.6 is 0 Å². The van der Waals surface area contributed by atoms with Crippen molar-refractivity contribution in [2.24, 2.45) is 0 Å². The molecule has 0 aromatic carbocycles. The Morgan fingerprint density at radius 1 is 1.18 bits per heavy atom. The molecule has 0 spiro atoms. The highest BCUT2D eigenvalue weighted by Crippen LogP contribution is 2.36. The van der Waals surface area contributed by atoms with Gasteiger partial charge in [0, 0.05) is 18.4 Å². The first-order valence-corrected chi connectivity index (χ1v) is 9.57. The molecule has 1 fully saturated rings. The third-order valence-corrected chi connectivity index (χ3v) is 5.19. The number of methoxy groups -OCH3 is 2. The van der Waals surface area contributed by atoms with Crippen molar-refractivity contribution in [3.63, 3.8) is 0 Å². The minimum absolute atomic E-state index is 0.0321. The van der Waals surface area contributed by atoms with E-state index in [2.05, 4.69) is 13.8 Å². The predicted molar refractivity (Wildman–Crippen MR) is 107 cm³/mol. The molecule has 0 saturated carbocycles. The maximum atomic E-state index is 13.0. The van der Waals surface area contributed by atoms with Crippen LogP contribution in [-0.4, -0.2) is 30.7 Å². The summed E-state index contributed by atoms with van der Waals surface area (Å²) in [6.07, 6.45) is 12.7. The summed E-state index contributed by atoms with van der Waals surface area (Å²) < 4.78 is 16.5. The molecule has 0 radical (unpaired) electrons. The Morgan fingerprint density at radius 3 is 2.68 bits per heavy atom. The number of hydrogen-bond acceptors (Lipinski definition) is 5. The van der Waals surface area contributed by atoms with Crippen molar-refractivity contribution in [3.05, 3.63) is 70.1 Å². The van der Waals surface area contributed by atoms with Crippen molar-refractivity contribution >= 4 is 5.78 Å². The van der Waals surface area contributed by atoms with Gasteiger partial charge in [-0.15, -0.1) is 0 Å². The molecule has 1 saturated heterocycles. The van der Waals surface area contributed by atoms with Gasteiger partial charge in [0.2, 0.25) is 0 Å². The number of ketones is 1. The van der Waals surface area contributed by atoms with Crippen molar-refractivity contribution in [1.29, 1.82) is 0 Å². The van der Waals surface area contributed by atoms with Gasteiger partial charge in [-0.25, -0.2) is 0 Å². The molecule has 0 atom stereocenters. The number of Topliss-reactive ketones (excluding diaryl/α,β-unsaturated/α-hetero) is 1. The van der Waals surface area contributed by atoms with Gasteiger partial charge in [0.25, 0.3) is 0 Å². The number of ether oxygens (including phenoxy) is 3. The maximum Gasteiger partial charge on any atom is 0.196 e. The summed E-state index contributed by atoms with van der Waals surface area (Å²) in [6.45, 7) is 4.18. The topological polar surface area (TPSA) is 65.0 Å². The van der Waals surface area contributed by atoms with Crippen LogP contribution in [0.3, 0.4) is 0 Å². The van der Waals surface area contributed by atoms with Crippen molar-refractivity contribution in [1.82, 2.24) is 0 Å². The van der Waals surface area contributed by atoms with Gasteiger partial charge in [0.05, 0.1) is 14.2 Å². The minimum Gasteiger partial charge on any atom is -0.502 e. The van der Waals surface area contributed by atoms with Gasteiger partial charge in [0.1, 0.15) is 17.1 Å². The standard InChI is InChI=1S/C23H28O5/c1-23(2)11-10-17-14-16(6-5-7-19(17)28-23)18(24)12-15-8-9-20(26-3)22(25)21(13-15)27-4/h6-8,13-14,25H,5,9-12H2,1-4H3. The quantitative estimate of drug-likeness (QED) is 0.726. The molecule has 28 heavy (non-hydrogen) atoms. The van der Waals surface area contributed by atoms with E-state index in [1.165, 1.54) is 14.2 Å². The molecule has 0 aromatic heterocycles. The van der Waals surface area contributed by atoms with Crippen LogP contribution in [0.25, 0.3) is 0 Å². The molecular weight excluding hydrogens is 356 g/mol. The second-order valence-corrected chi connectivity index (χ2v) is 7.77. The first-order chi connectivity index (χ1) is 13.3. The van der Waals surface area contributed by atoms with E-state index in [-0.39, 0.29) is 23.6 Å². The molecule has 1 heterocycles. The van der Waals surface area contributed by atoms with Gasteiger partial charge < -0.3 is 19.3 Å². The molecule has 3 aliphatic rings. The first kappa shape index (κ1) is 20.1. The summed E-state index contributed by atoms with van der Waals surface area (Å²) in [4.78, 5) is 13.0. The number of aliphatic hydroxyl groups excluding tert-OH is 1. The molecule has 0 amide bonds.